The zero-order valence-corrected chi connectivity index (χ0v) is 5.89. The summed E-state index contributed by atoms with van der Waals surface area (Å²) in [4.78, 5) is 4.12. The highest BCUT2D eigenvalue weighted by molar-refractivity contribution is 7.09. The third kappa shape index (κ3) is 0.862. The van der Waals surface area contributed by atoms with E-state index < -0.39 is 0 Å². The number of ether oxygens (including phenoxy) is 1. The van der Waals surface area contributed by atoms with Crippen molar-refractivity contribution in [2.75, 3.05) is 0 Å². The van der Waals surface area contributed by atoms with Crippen molar-refractivity contribution in [2.45, 2.75) is 19.1 Å². The lowest BCUT2D eigenvalue weighted by molar-refractivity contribution is 0.382. The molecule has 0 amide bonds. The fraction of sp³-hybridized carbons (Fsp3) is 0.500. The molecule has 1 saturated heterocycles. The quantitative estimate of drug-likeness (QED) is 0.555. The number of thiazole rings is 1. The first-order valence-corrected chi connectivity index (χ1v) is 3.81. The van der Waals surface area contributed by atoms with Crippen LogP contribution in [0.15, 0.2) is 11.6 Å². The molecule has 2 heterocycles. The minimum absolute atomic E-state index is 0.310. The van der Waals surface area contributed by atoms with Gasteiger partial charge in [0, 0.05) is 11.6 Å². The van der Waals surface area contributed by atoms with Gasteiger partial charge in [0.15, 0.2) is 0 Å². The lowest BCUT2D eigenvalue weighted by atomic mass is 10.4. The molecule has 2 unspecified atom stereocenters. The van der Waals surface area contributed by atoms with E-state index in [1.807, 2.05) is 11.6 Å². The monoisotopic (exact) mass is 141 g/mol. The fourth-order valence-corrected chi connectivity index (χ4v) is 1.58. The molecule has 1 aromatic heterocycles. The van der Waals surface area contributed by atoms with Gasteiger partial charge in [-0.1, -0.05) is 0 Å². The molecular weight excluding hydrogens is 134 g/mol. The third-order valence-electron chi connectivity index (χ3n) is 1.41. The van der Waals surface area contributed by atoms with Gasteiger partial charge in [-0.15, -0.1) is 11.3 Å². The van der Waals surface area contributed by atoms with E-state index in [1.165, 1.54) is 0 Å². The Kier molecular flexibility index (Phi) is 1.07. The summed E-state index contributed by atoms with van der Waals surface area (Å²) in [6.07, 6.45) is 2.52. The average molecular weight is 141 g/mol. The Hall–Kier alpha value is -0.410. The van der Waals surface area contributed by atoms with Gasteiger partial charge in [0.25, 0.3) is 0 Å². The van der Waals surface area contributed by atoms with E-state index in [0.29, 0.717) is 12.2 Å². The van der Waals surface area contributed by atoms with E-state index in [4.69, 9.17) is 4.74 Å². The molecule has 1 aliphatic rings. The van der Waals surface area contributed by atoms with Crippen molar-refractivity contribution in [2.24, 2.45) is 0 Å². The lowest BCUT2D eigenvalue weighted by Gasteiger charge is -1.79. The second-order valence-electron chi connectivity index (χ2n) is 2.13. The first kappa shape index (κ1) is 5.38. The largest absolute Gasteiger partial charge is 0.362 e. The highest BCUT2D eigenvalue weighted by Crippen LogP contribution is 2.38. The average Bonchev–Trinajstić information content (AvgIpc) is 2.44. The number of hydrogen-bond acceptors (Lipinski definition) is 3. The van der Waals surface area contributed by atoms with Crippen molar-refractivity contribution >= 4 is 11.3 Å². The van der Waals surface area contributed by atoms with E-state index in [2.05, 4.69) is 11.9 Å². The van der Waals surface area contributed by atoms with Crippen LogP contribution in [0.2, 0.25) is 0 Å². The zero-order valence-electron chi connectivity index (χ0n) is 5.07. The lowest BCUT2D eigenvalue weighted by Crippen LogP contribution is -1.78. The van der Waals surface area contributed by atoms with Crippen LogP contribution in [0.25, 0.3) is 0 Å². The van der Waals surface area contributed by atoms with Gasteiger partial charge in [0.2, 0.25) is 0 Å². The van der Waals surface area contributed by atoms with Crippen LogP contribution in [0.3, 0.4) is 0 Å². The normalized spacial score (nSPS) is 32.6. The molecule has 0 bridgehead atoms. The molecule has 0 saturated carbocycles. The Bertz CT molecular complexity index is 197. The number of epoxide rings is 1. The fourth-order valence-electron chi connectivity index (χ4n) is 0.820. The number of rotatable bonds is 1. The maximum Gasteiger partial charge on any atom is 0.135 e. The first-order chi connectivity index (χ1) is 4.38. The van der Waals surface area contributed by atoms with Gasteiger partial charge in [-0.3, -0.25) is 0 Å². The SMILES string of the molecule is CC1OC1c1nccs1. The van der Waals surface area contributed by atoms with Crippen LogP contribution < -0.4 is 0 Å². The molecule has 1 aliphatic heterocycles. The molecule has 0 aliphatic carbocycles. The van der Waals surface area contributed by atoms with Crippen LogP contribution in [0.4, 0.5) is 0 Å². The summed E-state index contributed by atoms with van der Waals surface area (Å²) in [5.74, 6) is 0. The minimum atomic E-state index is 0.310. The van der Waals surface area contributed by atoms with Gasteiger partial charge >= 0.3 is 0 Å². The van der Waals surface area contributed by atoms with Gasteiger partial charge in [-0.25, -0.2) is 4.98 Å². The Labute approximate surface area is 57.5 Å². The van der Waals surface area contributed by atoms with Gasteiger partial charge in [-0.05, 0) is 6.92 Å². The summed E-state index contributed by atoms with van der Waals surface area (Å²) in [7, 11) is 0. The topological polar surface area (TPSA) is 25.4 Å². The molecule has 2 rings (SSSR count). The predicted molar refractivity (Wildman–Crippen MR) is 35.4 cm³/mol. The second kappa shape index (κ2) is 1.78. The molecule has 1 aromatic rings. The van der Waals surface area contributed by atoms with Crippen LogP contribution >= 0.6 is 11.3 Å². The first-order valence-electron chi connectivity index (χ1n) is 2.93. The van der Waals surface area contributed by atoms with Crippen molar-refractivity contribution in [3.63, 3.8) is 0 Å². The Morgan fingerprint density at radius 2 is 2.56 bits per heavy atom. The molecule has 0 N–H and O–H groups in total. The molecule has 2 nitrogen and oxygen atoms in total. The maximum absolute atomic E-state index is 5.21. The van der Waals surface area contributed by atoms with Crippen LogP contribution in [0, 0.1) is 0 Å². The molecule has 1 fully saturated rings. The van der Waals surface area contributed by atoms with Crippen molar-refractivity contribution in [1.29, 1.82) is 0 Å². The van der Waals surface area contributed by atoms with Crippen molar-refractivity contribution in [3.05, 3.63) is 16.6 Å². The Morgan fingerprint density at radius 1 is 1.78 bits per heavy atom. The van der Waals surface area contributed by atoms with E-state index in [1.54, 1.807) is 11.3 Å². The van der Waals surface area contributed by atoms with E-state index >= 15 is 0 Å². The van der Waals surface area contributed by atoms with Gasteiger partial charge in [-0.2, -0.15) is 0 Å². The van der Waals surface area contributed by atoms with Gasteiger partial charge in [0.1, 0.15) is 11.1 Å². The van der Waals surface area contributed by atoms with Crippen molar-refractivity contribution in [1.82, 2.24) is 4.98 Å². The standard InChI is InChI=1S/C6H7NOS/c1-4-5(8-4)6-7-2-3-9-6/h2-5H,1H3. The molecule has 3 heteroatoms. The predicted octanol–water partition coefficient (Wildman–Crippen LogP) is 1.60. The summed E-state index contributed by atoms with van der Waals surface area (Å²) in [5, 5.41) is 3.09. The van der Waals surface area contributed by atoms with Gasteiger partial charge < -0.3 is 4.74 Å². The molecule has 9 heavy (non-hydrogen) atoms. The van der Waals surface area contributed by atoms with E-state index in [0.717, 1.165) is 5.01 Å². The zero-order chi connectivity index (χ0) is 6.27. The van der Waals surface area contributed by atoms with Crippen LogP contribution in [0.1, 0.15) is 18.0 Å². The summed E-state index contributed by atoms with van der Waals surface area (Å²) in [6.45, 7) is 2.06. The molecular formula is C6H7NOS. The Morgan fingerprint density at radius 3 is 3.00 bits per heavy atom. The van der Waals surface area contributed by atoms with Crippen LogP contribution in [0.5, 0.6) is 0 Å². The summed E-state index contributed by atoms with van der Waals surface area (Å²) < 4.78 is 5.21. The van der Waals surface area contributed by atoms with Crippen molar-refractivity contribution < 1.29 is 4.74 Å². The summed E-state index contributed by atoms with van der Waals surface area (Å²) in [5.41, 5.74) is 0. The molecule has 0 radical (unpaired) electrons. The Balaban J connectivity index is 2.18. The molecule has 0 spiro atoms. The second-order valence-corrected chi connectivity index (χ2v) is 3.06. The highest BCUT2D eigenvalue weighted by atomic mass is 32.1. The van der Waals surface area contributed by atoms with E-state index in [9.17, 15) is 0 Å². The number of hydrogen-bond donors (Lipinski definition) is 0. The maximum atomic E-state index is 5.21. The van der Waals surface area contributed by atoms with Crippen LogP contribution in [-0.2, 0) is 4.74 Å². The van der Waals surface area contributed by atoms with Crippen LogP contribution in [-0.4, -0.2) is 11.1 Å². The number of nitrogens with zero attached hydrogens (tertiary/aromatic N) is 1. The molecule has 2 atom stereocenters. The van der Waals surface area contributed by atoms with Gasteiger partial charge in [0.05, 0.1) is 6.10 Å². The third-order valence-corrected chi connectivity index (χ3v) is 2.24. The smallest absolute Gasteiger partial charge is 0.135 e. The van der Waals surface area contributed by atoms with Crippen molar-refractivity contribution in [3.8, 4) is 0 Å². The summed E-state index contributed by atoms with van der Waals surface area (Å²) in [6, 6.07) is 0. The molecule has 0 aromatic carbocycles. The molecule has 48 valence electrons. The highest BCUT2D eigenvalue weighted by Gasteiger charge is 2.37. The minimum Gasteiger partial charge on any atom is -0.362 e. The summed E-state index contributed by atoms with van der Waals surface area (Å²) >= 11 is 1.66. The van der Waals surface area contributed by atoms with E-state index in [-0.39, 0.29) is 0 Å². The number of aromatic nitrogens is 1.